The van der Waals surface area contributed by atoms with Crippen molar-refractivity contribution in [2.75, 3.05) is 23.4 Å². The van der Waals surface area contributed by atoms with Gasteiger partial charge in [-0.25, -0.2) is 4.79 Å². The number of ether oxygens (including phenoxy) is 2. The maximum absolute atomic E-state index is 12.8. The Hall–Kier alpha value is -3.35. The Bertz CT molecular complexity index is 905. The van der Waals surface area contributed by atoms with Crippen LogP contribution in [0.15, 0.2) is 48.5 Å². The number of benzene rings is 2. The molecule has 2 aromatic rings. The van der Waals surface area contributed by atoms with Crippen LogP contribution >= 0.6 is 0 Å². The van der Waals surface area contributed by atoms with E-state index in [0.29, 0.717) is 29.3 Å². The first kappa shape index (κ1) is 19.4. The molecular formula is C21H22N2O5. The molecule has 0 unspecified atom stereocenters. The molecule has 1 aliphatic rings. The van der Waals surface area contributed by atoms with Crippen LogP contribution in [0.2, 0.25) is 0 Å². The Morgan fingerprint density at radius 3 is 2.43 bits per heavy atom. The van der Waals surface area contributed by atoms with Crippen molar-refractivity contribution in [3.05, 3.63) is 54.1 Å². The molecule has 0 atom stereocenters. The monoisotopic (exact) mass is 382 g/mol. The zero-order valence-corrected chi connectivity index (χ0v) is 16.0. The first-order valence-corrected chi connectivity index (χ1v) is 8.98. The van der Waals surface area contributed by atoms with Crippen molar-refractivity contribution in [2.45, 2.75) is 26.3 Å². The SMILES string of the molecule is CCOc1ccc(C(=O)OCC(=O)N2c3ccccc3NC(=O)C2(C)C)cc1. The minimum absolute atomic E-state index is 0.308. The van der Waals surface area contributed by atoms with Gasteiger partial charge in [0, 0.05) is 0 Å². The van der Waals surface area contributed by atoms with Gasteiger partial charge >= 0.3 is 5.97 Å². The maximum atomic E-state index is 12.8. The van der Waals surface area contributed by atoms with E-state index in [1.54, 1.807) is 62.4 Å². The number of nitrogens with zero attached hydrogens (tertiary/aromatic N) is 1. The third-order valence-corrected chi connectivity index (χ3v) is 4.49. The van der Waals surface area contributed by atoms with Crippen LogP contribution in [0, 0.1) is 0 Å². The van der Waals surface area contributed by atoms with E-state index in [4.69, 9.17) is 9.47 Å². The van der Waals surface area contributed by atoms with Gasteiger partial charge in [-0.05, 0) is 57.2 Å². The Morgan fingerprint density at radius 2 is 1.75 bits per heavy atom. The number of nitrogens with one attached hydrogen (secondary N) is 1. The van der Waals surface area contributed by atoms with E-state index in [-0.39, 0.29) is 5.91 Å². The van der Waals surface area contributed by atoms with Crippen LogP contribution in [0.1, 0.15) is 31.1 Å². The molecule has 1 aliphatic heterocycles. The molecule has 0 saturated heterocycles. The van der Waals surface area contributed by atoms with Gasteiger partial charge < -0.3 is 14.8 Å². The molecule has 0 fully saturated rings. The van der Waals surface area contributed by atoms with Crippen molar-refractivity contribution in [2.24, 2.45) is 0 Å². The summed E-state index contributed by atoms with van der Waals surface area (Å²) >= 11 is 0. The van der Waals surface area contributed by atoms with Gasteiger partial charge in [0.25, 0.3) is 5.91 Å². The number of carbonyl (C=O) groups excluding carboxylic acids is 3. The van der Waals surface area contributed by atoms with Crippen LogP contribution in [-0.4, -0.2) is 36.5 Å². The van der Waals surface area contributed by atoms with Gasteiger partial charge in [-0.3, -0.25) is 14.5 Å². The molecule has 0 aliphatic carbocycles. The molecule has 3 rings (SSSR count). The Kier molecular flexibility index (Phi) is 5.35. The van der Waals surface area contributed by atoms with E-state index in [0.717, 1.165) is 0 Å². The Labute approximate surface area is 163 Å². The largest absolute Gasteiger partial charge is 0.494 e. The number of hydrogen-bond donors (Lipinski definition) is 1. The Morgan fingerprint density at radius 1 is 1.07 bits per heavy atom. The lowest BCUT2D eigenvalue weighted by atomic mass is 9.96. The van der Waals surface area contributed by atoms with Crippen LogP contribution in [0.25, 0.3) is 0 Å². The zero-order chi connectivity index (χ0) is 20.3. The summed E-state index contributed by atoms with van der Waals surface area (Å²) in [4.78, 5) is 38.9. The fourth-order valence-electron chi connectivity index (χ4n) is 3.03. The summed E-state index contributed by atoms with van der Waals surface area (Å²) < 4.78 is 10.5. The fraction of sp³-hybridized carbons (Fsp3) is 0.286. The summed E-state index contributed by atoms with van der Waals surface area (Å²) in [6.45, 7) is 5.21. The predicted molar refractivity (Wildman–Crippen MR) is 105 cm³/mol. The smallest absolute Gasteiger partial charge is 0.338 e. The van der Waals surface area contributed by atoms with Gasteiger partial charge in [-0.15, -0.1) is 0 Å². The standard InChI is InChI=1S/C21H22N2O5/c1-4-27-15-11-9-14(10-12-15)19(25)28-13-18(24)23-17-8-6-5-7-16(17)22-20(26)21(23,2)3/h5-12H,4,13H2,1-3H3,(H,22,26). The molecule has 0 bridgehead atoms. The Balaban J connectivity index is 1.73. The second kappa shape index (κ2) is 7.72. The van der Waals surface area contributed by atoms with Crippen molar-refractivity contribution >= 4 is 29.2 Å². The van der Waals surface area contributed by atoms with Gasteiger partial charge in [-0.2, -0.15) is 0 Å². The maximum Gasteiger partial charge on any atom is 0.338 e. The molecule has 28 heavy (non-hydrogen) atoms. The third-order valence-electron chi connectivity index (χ3n) is 4.49. The average Bonchev–Trinajstić information content (AvgIpc) is 2.67. The number of hydrogen-bond acceptors (Lipinski definition) is 5. The minimum Gasteiger partial charge on any atom is -0.494 e. The molecule has 0 saturated carbocycles. The molecule has 0 spiro atoms. The van der Waals surface area contributed by atoms with E-state index < -0.39 is 24.0 Å². The normalized spacial score (nSPS) is 14.7. The van der Waals surface area contributed by atoms with E-state index in [1.165, 1.54) is 4.90 Å². The summed E-state index contributed by atoms with van der Waals surface area (Å²) in [5.41, 5.74) is 0.302. The van der Waals surface area contributed by atoms with E-state index in [9.17, 15) is 14.4 Å². The highest BCUT2D eigenvalue weighted by Gasteiger charge is 2.43. The summed E-state index contributed by atoms with van der Waals surface area (Å²) in [5.74, 6) is -0.763. The molecule has 146 valence electrons. The molecule has 1 N–H and O–H groups in total. The molecule has 2 amide bonds. The second-order valence-electron chi connectivity index (χ2n) is 6.79. The third kappa shape index (κ3) is 3.69. The molecule has 7 nitrogen and oxygen atoms in total. The lowest BCUT2D eigenvalue weighted by Gasteiger charge is -2.41. The number of carbonyl (C=O) groups is 3. The second-order valence-corrected chi connectivity index (χ2v) is 6.79. The number of para-hydroxylation sites is 2. The highest BCUT2D eigenvalue weighted by Crippen LogP contribution is 2.36. The van der Waals surface area contributed by atoms with Gasteiger partial charge in [-0.1, -0.05) is 12.1 Å². The number of amides is 2. The lowest BCUT2D eigenvalue weighted by Crippen LogP contribution is -2.59. The van der Waals surface area contributed by atoms with Crippen LogP contribution < -0.4 is 15.0 Å². The van der Waals surface area contributed by atoms with Crippen LogP contribution in [0.4, 0.5) is 11.4 Å². The summed E-state index contributed by atoms with van der Waals surface area (Å²) in [5, 5.41) is 2.79. The quantitative estimate of drug-likeness (QED) is 0.804. The highest BCUT2D eigenvalue weighted by atomic mass is 16.5. The number of rotatable bonds is 5. The number of fused-ring (bicyclic) bond motifs is 1. The van der Waals surface area contributed by atoms with Crippen molar-refractivity contribution in [1.29, 1.82) is 0 Å². The minimum atomic E-state index is -1.11. The van der Waals surface area contributed by atoms with E-state index in [1.807, 2.05) is 6.92 Å². The summed E-state index contributed by atoms with van der Waals surface area (Å²) in [6.07, 6.45) is 0. The van der Waals surface area contributed by atoms with Crippen molar-refractivity contribution in [3.63, 3.8) is 0 Å². The van der Waals surface area contributed by atoms with Crippen LogP contribution in [0.3, 0.4) is 0 Å². The molecule has 1 heterocycles. The number of anilines is 2. The first-order chi connectivity index (χ1) is 13.3. The molecule has 2 aromatic carbocycles. The van der Waals surface area contributed by atoms with Crippen molar-refractivity contribution < 1.29 is 23.9 Å². The molecule has 0 aromatic heterocycles. The van der Waals surface area contributed by atoms with Gasteiger partial charge in [0.15, 0.2) is 6.61 Å². The van der Waals surface area contributed by atoms with E-state index >= 15 is 0 Å². The van der Waals surface area contributed by atoms with Gasteiger partial charge in [0.1, 0.15) is 11.3 Å². The predicted octanol–water partition coefficient (Wildman–Crippen LogP) is 3.01. The molecular weight excluding hydrogens is 360 g/mol. The zero-order valence-electron chi connectivity index (χ0n) is 16.0. The highest BCUT2D eigenvalue weighted by molar-refractivity contribution is 6.14. The van der Waals surface area contributed by atoms with Crippen LogP contribution in [0.5, 0.6) is 5.75 Å². The van der Waals surface area contributed by atoms with Gasteiger partial charge in [0.2, 0.25) is 5.91 Å². The fourth-order valence-corrected chi connectivity index (χ4v) is 3.03. The first-order valence-electron chi connectivity index (χ1n) is 8.98. The van der Waals surface area contributed by atoms with E-state index in [2.05, 4.69) is 5.32 Å². The van der Waals surface area contributed by atoms with Crippen LogP contribution in [-0.2, 0) is 14.3 Å². The number of esters is 1. The molecule has 0 radical (unpaired) electrons. The summed E-state index contributed by atoms with van der Waals surface area (Å²) in [7, 11) is 0. The van der Waals surface area contributed by atoms with Crippen molar-refractivity contribution in [3.8, 4) is 5.75 Å². The summed E-state index contributed by atoms with van der Waals surface area (Å²) in [6, 6.07) is 13.5. The topological polar surface area (TPSA) is 84.9 Å². The lowest BCUT2D eigenvalue weighted by molar-refractivity contribution is -0.128. The molecule has 7 heteroatoms. The van der Waals surface area contributed by atoms with Crippen molar-refractivity contribution in [1.82, 2.24) is 0 Å². The average molecular weight is 382 g/mol. The van der Waals surface area contributed by atoms with Gasteiger partial charge in [0.05, 0.1) is 23.5 Å².